The van der Waals surface area contributed by atoms with E-state index in [9.17, 15) is 50.4 Å². The van der Waals surface area contributed by atoms with Crippen molar-refractivity contribution in [3.8, 4) is 46.0 Å². The van der Waals surface area contributed by atoms with Crippen LogP contribution in [-0.4, -0.2) is 81.5 Å². The van der Waals surface area contributed by atoms with Crippen LogP contribution in [0.5, 0.6) is 46.0 Å². The molecule has 8 rings (SSSR count). The monoisotopic (exact) mass is 1390 g/mol. The first-order valence-electron chi connectivity index (χ1n) is 26.0. The second-order valence-electron chi connectivity index (χ2n) is 18.4. The van der Waals surface area contributed by atoms with Gasteiger partial charge in [-0.1, -0.05) is 97.1 Å². The zero-order chi connectivity index (χ0) is 63.5. The van der Waals surface area contributed by atoms with Crippen LogP contribution in [0, 0.1) is 0 Å². The summed E-state index contributed by atoms with van der Waals surface area (Å²) in [7, 11) is -12.3. The van der Waals surface area contributed by atoms with Crippen molar-refractivity contribution in [1.29, 1.82) is 0 Å². The Kier molecular flexibility index (Phi) is 26.1. The quantitative estimate of drug-likeness (QED) is 0.0378. The molecule has 0 amide bonds. The van der Waals surface area contributed by atoms with Gasteiger partial charge in [-0.25, -0.2) is 0 Å². The Morgan fingerprint density at radius 3 is 0.402 bits per heavy atom. The number of methoxy groups -OCH3 is 8. The predicted molar refractivity (Wildman–Crippen MR) is 341 cm³/mol. The average Bonchev–Trinajstić information content (AvgIpc) is 3.46. The zero-order valence-electron chi connectivity index (χ0n) is 48.3. The van der Waals surface area contributed by atoms with Crippen LogP contribution >= 0.6 is 47.3 Å². The summed E-state index contributed by atoms with van der Waals surface area (Å²) in [5, 5.41) is 10.1. The summed E-state index contributed by atoms with van der Waals surface area (Å²) in [5.74, 6) is 7.45. The van der Waals surface area contributed by atoms with Crippen LogP contribution in [0.2, 0.25) is 0 Å². The van der Waals surface area contributed by atoms with Gasteiger partial charge in [-0.05, 0) is 97.1 Å². The van der Waals surface area contributed by atoms with Crippen LogP contribution in [0.25, 0.3) is 0 Å². The molecule has 8 nitrogen and oxygen atoms in total. The Morgan fingerprint density at radius 2 is 0.310 bits per heavy atom. The minimum atomic E-state index is -10.7. The van der Waals surface area contributed by atoms with Gasteiger partial charge in [-0.15, -0.1) is 0 Å². The third kappa shape index (κ3) is 25.1. The molecule has 0 fully saturated rings. The van der Waals surface area contributed by atoms with Crippen LogP contribution in [-0.2, 0) is 16.5 Å². The maximum Gasteiger partial charge on any atom is 2.00 e. The fourth-order valence-electron chi connectivity index (χ4n) is 9.31. The number of hydrogen-bond acceptors (Lipinski definition) is 8. The summed E-state index contributed by atoms with van der Waals surface area (Å²) in [5.41, 5.74) is 0. The van der Waals surface area contributed by atoms with Gasteiger partial charge in [0.05, 0.1) is 88.6 Å². The van der Waals surface area contributed by atoms with Crippen molar-refractivity contribution in [2.45, 2.75) is 0 Å². The fraction of sp³-hybridized carbons (Fsp3) is 0.200. The average molecular weight is 1390 g/mol. The molecule has 0 aliphatic heterocycles. The topological polar surface area (TPSA) is 73.8 Å². The number of hydrogen-bond donors (Lipinski definition) is 0. The van der Waals surface area contributed by atoms with Crippen molar-refractivity contribution in [2.75, 3.05) is 81.5 Å². The molecule has 0 saturated heterocycles. The molecule has 0 bridgehead atoms. The Hall–Kier alpha value is -5.61. The van der Waals surface area contributed by atoms with E-state index in [4.69, 9.17) is 37.9 Å². The van der Waals surface area contributed by atoms with Crippen molar-refractivity contribution in [2.24, 2.45) is 0 Å². The first-order chi connectivity index (χ1) is 40.3. The number of halogens is 12. The van der Waals surface area contributed by atoms with E-state index >= 15 is 0 Å². The molecule has 0 atom stereocenters. The standard InChI is InChI=1S/2C30H32O4P2.2F6P.Ni/c2*1-31-23-13-5-9-17-27(23)35(28-18-10-6-14-24(28)32-2)21-22-36(29-19-11-7-15-25(29)33-3)30-20-12-8-16-26(30)34-4;2*1-7(2,3,4,5)6;/h2*5-20H,21-22H2,1-4H3;;;/q;;2*-1;+2/p+4. The number of ether oxygens (including phenoxy) is 8. The maximum atomic E-state index is 9.87. The van der Waals surface area contributed by atoms with E-state index in [1.165, 1.54) is 42.4 Å². The molecule has 0 N–H and O–H groups in total. The molecule has 0 heterocycles. The third-order valence-corrected chi connectivity index (χ3v) is 25.2. The Bertz CT molecular complexity index is 2830. The first-order valence-corrected chi connectivity index (χ1v) is 36.8. The first kappa shape index (κ1) is 73.9. The second-order valence-corrected chi connectivity index (χ2v) is 32.4. The fourth-order valence-corrected chi connectivity index (χ4v) is 22.9. The van der Waals surface area contributed by atoms with E-state index in [0.717, 1.165) is 70.6 Å². The van der Waals surface area contributed by atoms with E-state index in [1.54, 1.807) is 56.9 Å². The van der Waals surface area contributed by atoms with Crippen molar-refractivity contribution in [3.05, 3.63) is 194 Å². The van der Waals surface area contributed by atoms with Gasteiger partial charge in [-0.2, -0.15) is 0 Å². The molecular weight excluding hydrogens is 1320 g/mol. The number of benzene rings is 8. The summed E-state index contributed by atoms with van der Waals surface area (Å²) in [6.45, 7) is 0. The second kappa shape index (κ2) is 30.7. The largest absolute Gasteiger partial charge is 2.00 e. The van der Waals surface area contributed by atoms with E-state index in [-0.39, 0.29) is 16.5 Å². The van der Waals surface area contributed by atoms with E-state index < -0.39 is 47.3 Å². The van der Waals surface area contributed by atoms with E-state index in [0.29, 0.717) is 0 Å². The smallest absolute Gasteiger partial charge is 2.00 e. The van der Waals surface area contributed by atoms with E-state index in [1.807, 2.05) is 48.5 Å². The third-order valence-electron chi connectivity index (χ3n) is 12.7. The minimum absolute atomic E-state index is 0. The summed E-state index contributed by atoms with van der Waals surface area (Å²) in [6.07, 6.45) is 4.04. The summed E-state index contributed by atoms with van der Waals surface area (Å²) >= 11 is 0. The van der Waals surface area contributed by atoms with Crippen molar-refractivity contribution >= 4 is 89.7 Å². The molecule has 8 aromatic rings. The molecule has 0 radical (unpaired) electrons. The van der Waals surface area contributed by atoms with Gasteiger partial charge < -0.3 is 37.9 Å². The zero-order valence-corrected chi connectivity index (χ0v) is 55.1. The molecule has 87 heavy (non-hydrogen) atoms. The van der Waals surface area contributed by atoms with Crippen LogP contribution in [0.1, 0.15) is 0 Å². The molecular formula is C60H68F12NiO8P6+4. The predicted octanol–water partition coefficient (Wildman–Crippen LogP) is 16.3. The molecule has 0 spiro atoms. The minimum Gasteiger partial charge on any atom is 2.00 e. The van der Waals surface area contributed by atoms with Gasteiger partial charge in [0.2, 0.25) is 0 Å². The normalized spacial score (nSPS) is 12.8. The van der Waals surface area contributed by atoms with Gasteiger partial charge in [0.15, 0.2) is 46.0 Å². The van der Waals surface area contributed by atoms with Crippen molar-refractivity contribution < 1.29 is 105 Å². The van der Waals surface area contributed by atoms with Crippen LogP contribution in [0.4, 0.5) is 50.4 Å². The number of rotatable bonds is 22. The summed E-state index contributed by atoms with van der Waals surface area (Å²) in [4.78, 5) is 0. The molecule has 0 aliphatic rings. The summed E-state index contributed by atoms with van der Waals surface area (Å²) in [6, 6.07) is 67.2. The number of para-hydroxylation sites is 8. The van der Waals surface area contributed by atoms with Crippen molar-refractivity contribution in [3.63, 3.8) is 0 Å². The Labute approximate surface area is 513 Å². The van der Waals surface area contributed by atoms with Gasteiger partial charge in [-0.3, -0.25) is 0 Å². The van der Waals surface area contributed by atoms with Gasteiger partial charge in [0, 0.05) is 0 Å². The maximum absolute atomic E-state index is 10.7. The van der Waals surface area contributed by atoms with Crippen LogP contribution in [0.3, 0.4) is 0 Å². The molecule has 8 aromatic carbocycles. The molecule has 0 aromatic heterocycles. The van der Waals surface area contributed by atoms with Crippen molar-refractivity contribution in [1.82, 2.24) is 0 Å². The van der Waals surface area contributed by atoms with Gasteiger partial charge in [0.1, 0.15) is 67.1 Å². The molecule has 27 heteroatoms. The summed E-state index contributed by atoms with van der Waals surface area (Å²) < 4.78 is 165. The van der Waals surface area contributed by atoms with Crippen LogP contribution in [0.15, 0.2) is 194 Å². The Morgan fingerprint density at radius 1 is 0.218 bits per heavy atom. The SMILES string of the molecule is COc1ccccc1[PH+](CC[PH+](c1ccccc1OC)c1ccccc1OC)c1ccccc1OC.COc1ccccc1[PH+](CC[PH+](c1ccccc1OC)c1ccccc1OC)c1ccccc1OC.F[P-](F)(F)(F)(F)F.F[P-](F)(F)(F)(F)F.[Ni+2]. The Balaban J connectivity index is 0.000000302. The van der Waals surface area contributed by atoms with Gasteiger partial charge in [0.25, 0.3) is 0 Å². The molecule has 476 valence electrons. The molecule has 0 saturated carbocycles. The molecule has 0 aliphatic carbocycles. The molecule has 0 unspecified atom stereocenters. The van der Waals surface area contributed by atoms with E-state index in [2.05, 4.69) is 146 Å². The van der Waals surface area contributed by atoms with Crippen LogP contribution < -0.4 is 80.3 Å². The van der Waals surface area contributed by atoms with Gasteiger partial charge >= 0.3 is 82.5 Å².